The van der Waals surface area contributed by atoms with Crippen LogP contribution in [0.15, 0.2) is 41.5 Å². The average molecular weight is 411 g/mol. The summed E-state index contributed by atoms with van der Waals surface area (Å²) in [7, 11) is 1.61. The topological polar surface area (TPSA) is 101 Å². The van der Waals surface area contributed by atoms with Gasteiger partial charge in [-0.3, -0.25) is 4.79 Å². The van der Waals surface area contributed by atoms with E-state index in [0.717, 1.165) is 22.6 Å². The zero-order valence-corrected chi connectivity index (χ0v) is 16.8. The van der Waals surface area contributed by atoms with Gasteiger partial charge in [0.25, 0.3) is 0 Å². The number of rotatable bonds is 7. The second-order valence-electron chi connectivity index (χ2n) is 7.25. The molecule has 2 aromatic rings. The Labute approximate surface area is 174 Å². The van der Waals surface area contributed by atoms with Crippen LogP contribution in [-0.4, -0.2) is 50.7 Å². The van der Waals surface area contributed by atoms with Gasteiger partial charge in [0.1, 0.15) is 30.5 Å². The molecular formula is C22H25N3O5. The van der Waals surface area contributed by atoms with Crippen LogP contribution >= 0.6 is 0 Å². The van der Waals surface area contributed by atoms with E-state index in [1.807, 2.05) is 42.6 Å². The molecule has 0 bridgehead atoms. The highest BCUT2D eigenvalue weighted by Gasteiger charge is 2.27. The van der Waals surface area contributed by atoms with Gasteiger partial charge in [0.15, 0.2) is 0 Å². The van der Waals surface area contributed by atoms with Crippen LogP contribution in [0.2, 0.25) is 0 Å². The van der Waals surface area contributed by atoms with Crippen LogP contribution in [0.25, 0.3) is 0 Å². The second kappa shape index (κ2) is 9.04. The zero-order valence-electron chi connectivity index (χ0n) is 16.8. The number of aliphatic hydroxyl groups is 1. The Morgan fingerprint density at radius 2 is 2.23 bits per heavy atom. The molecule has 3 N–H and O–H groups in total. The van der Waals surface area contributed by atoms with Gasteiger partial charge in [0.05, 0.1) is 25.3 Å². The first-order valence-corrected chi connectivity index (χ1v) is 9.92. The minimum absolute atomic E-state index is 0.112. The molecule has 0 fully saturated rings. The molecule has 2 unspecified atom stereocenters. The number of nitrogens with one attached hydrogen (secondary N) is 2. The Hall–Kier alpha value is -3.26. The maximum atomic E-state index is 12.9. The van der Waals surface area contributed by atoms with Crippen LogP contribution in [0.4, 0.5) is 5.69 Å². The summed E-state index contributed by atoms with van der Waals surface area (Å²) in [5.41, 5.74) is 5.47. The second-order valence-corrected chi connectivity index (χ2v) is 7.25. The molecule has 2 heterocycles. The number of nitrogens with zero attached hydrogens (tertiary/aromatic N) is 1. The molecule has 0 spiro atoms. The third-order valence-corrected chi connectivity index (χ3v) is 5.24. The van der Waals surface area contributed by atoms with Gasteiger partial charge in [-0.2, -0.15) is 5.10 Å². The van der Waals surface area contributed by atoms with Crippen LogP contribution in [0, 0.1) is 5.92 Å². The summed E-state index contributed by atoms with van der Waals surface area (Å²) >= 11 is 0. The van der Waals surface area contributed by atoms with Crippen molar-refractivity contribution in [3.63, 3.8) is 0 Å². The molecule has 8 nitrogen and oxygen atoms in total. The fraction of sp³-hybridized carbons (Fsp3) is 0.364. The fourth-order valence-corrected chi connectivity index (χ4v) is 3.60. The van der Waals surface area contributed by atoms with E-state index in [1.54, 1.807) is 7.11 Å². The third kappa shape index (κ3) is 4.33. The lowest BCUT2D eigenvalue weighted by Gasteiger charge is -2.25. The van der Waals surface area contributed by atoms with Gasteiger partial charge in [0, 0.05) is 18.7 Å². The monoisotopic (exact) mass is 411 g/mol. The number of hydrazone groups is 1. The molecule has 2 aliphatic heterocycles. The number of hydrogen-bond acceptors (Lipinski definition) is 7. The summed E-state index contributed by atoms with van der Waals surface area (Å²) in [6, 6.07) is 11.3. The lowest BCUT2D eigenvalue weighted by molar-refractivity contribution is -0.121. The number of methoxy groups -OCH3 is 1. The lowest BCUT2D eigenvalue weighted by atomic mass is 9.95. The number of amides is 1. The Bertz CT molecular complexity index is 946. The Morgan fingerprint density at radius 1 is 1.33 bits per heavy atom. The third-order valence-electron chi connectivity index (χ3n) is 5.24. The van der Waals surface area contributed by atoms with E-state index in [0.29, 0.717) is 31.0 Å². The van der Waals surface area contributed by atoms with E-state index in [-0.39, 0.29) is 31.0 Å². The number of anilines is 1. The quantitative estimate of drug-likeness (QED) is 0.644. The van der Waals surface area contributed by atoms with E-state index in [2.05, 4.69) is 15.8 Å². The molecule has 2 aromatic carbocycles. The summed E-state index contributed by atoms with van der Waals surface area (Å²) in [4.78, 5) is 12.9. The van der Waals surface area contributed by atoms with Crippen molar-refractivity contribution >= 4 is 17.8 Å². The van der Waals surface area contributed by atoms with Gasteiger partial charge in [-0.1, -0.05) is 6.07 Å². The summed E-state index contributed by atoms with van der Waals surface area (Å²) in [6.07, 6.45) is 2.40. The van der Waals surface area contributed by atoms with Crippen molar-refractivity contribution in [1.82, 2.24) is 5.43 Å². The maximum absolute atomic E-state index is 12.9. The molecule has 0 radical (unpaired) electrons. The Balaban J connectivity index is 1.49. The molecule has 0 aromatic heterocycles. The summed E-state index contributed by atoms with van der Waals surface area (Å²) in [5.74, 6) is 1.70. The fourth-order valence-electron chi connectivity index (χ4n) is 3.60. The number of fused-ring (bicyclic) bond motifs is 1. The van der Waals surface area contributed by atoms with Crippen LogP contribution < -0.4 is 25.0 Å². The average Bonchev–Trinajstić information content (AvgIpc) is 3.32. The van der Waals surface area contributed by atoms with Gasteiger partial charge >= 0.3 is 0 Å². The number of carbonyl (C=O) groups is 1. The molecule has 2 aliphatic rings. The molecule has 4 rings (SSSR count). The van der Waals surface area contributed by atoms with Crippen LogP contribution in [0.1, 0.15) is 17.0 Å². The first-order valence-electron chi connectivity index (χ1n) is 9.92. The number of aliphatic hydroxyl groups excluding tert-OH is 1. The van der Waals surface area contributed by atoms with Crippen LogP contribution in [0.5, 0.6) is 17.2 Å². The highest BCUT2D eigenvalue weighted by Crippen LogP contribution is 2.33. The van der Waals surface area contributed by atoms with Crippen molar-refractivity contribution in [1.29, 1.82) is 0 Å². The Kier molecular flexibility index (Phi) is 6.04. The number of ether oxygens (including phenoxy) is 3. The summed E-state index contributed by atoms with van der Waals surface area (Å²) in [6.45, 7) is 1.05. The van der Waals surface area contributed by atoms with Gasteiger partial charge in [-0.15, -0.1) is 0 Å². The molecule has 0 aliphatic carbocycles. The maximum Gasteiger partial charge on any atom is 0.231 e. The van der Waals surface area contributed by atoms with E-state index in [9.17, 15) is 4.79 Å². The largest absolute Gasteiger partial charge is 0.497 e. The molecule has 0 saturated heterocycles. The molecule has 158 valence electrons. The first-order chi connectivity index (χ1) is 14.7. The van der Waals surface area contributed by atoms with E-state index >= 15 is 0 Å². The lowest BCUT2D eigenvalue weighted by Crippen LogP contribution is -2.32. The molecule has 8 heteroatoms. The molecule has 2 atom stereocenters. The van der Waals surface area contributed by atoms with Crippen molar-refractivity contribution in [2.24, 2.45) is 11.0 Å². The highest BCUT2D eigenvalue weighted by molar-refractivity contribution is 5.94. The SMILES string of the molecule is COc1ccc2c(c1)CC(C(=O)Nc1ccc(C3C=NNC3)cc1OCCO)CO2. The first kappa shape index (κ1) is 20.0. The summed E-state index contributed by atoms with van der Waals surface area (Å²) < 4.78 is 16.7. The van der Waals surface area contributed by atoms with E-state index < -0.39 is 0 Å². The minimum atomic E-state index is -0.332. The zero-order chi connectivity index (χ0) is 20.9. The van der Waals surface area contributed by atoms with Crippen molar-refractivity contribution in [2.75, 3.05) is 38.8 Å². The molecule has 30 heavy (non-hydrogen) atoms. The smallest absolute Gasteiger partial charge is 0.231 e. The molecular weight excluding hydrogens is 386 g/mol. The van der Waals surface area contributed by atoms with E-state index in [1.165, 1.54) is 0 Å². The predicted molar refractivity (Wildman–Crippen MR) is 113 cm³/mol. The summed E-state index contributed by atoms with van der Waals surface area (Å²) in [5, 5.41) is 16.2. The minimum Gasteiger partial charge on any atom is -0.497 e. The van der Waals surface area contributed by atoms with E-state index in [4.69, 9.17) is 19.3 Å². The number of carbonyl (C=O) groups excluding carboxylic acids is 1. The van der Waals surface area contributed by atoms with Gasteiger partial charge in [0.2, 0.25) is 5.91 Å². The van der Waals surface area contributed by atoms with Gasteiger partial charge in [-0.05, 0) is 47.9 Å². The highest BCUT2D eigenvalue weighted by atomic mass is 16.5. The van der Waals surface area contributed by atoms with Crippen molar-refractivity contribution < 1.29 is 24.1 Å². The normalized spacial score (nSPS) is 19.4. The van der Waals surface area contributed by atoms with Gasteiger partial charge in [-0.25, -0.2) is 0 Å². The number of benzene rings is 2. The molecule has 1 amide bonds. The predicted octanol–water partition coefficient (Wildman–Crippen LogP) is 1.93. The van der Waals surface area contributed by atoms with Crippen molar-refractivity contribution in [3.05, 3.63) is 47.5 Å². The van der Waals surface area contributed by atoms with Crippen molar-refractivity contribution in [2.45, 2.75) is 12.3 Å². The van der Waals surface area contributed by atoms with Crippen molar-refractivity contribution in [3.8, 4) is 17.2 Å². The van der Waals surface area contributed by atoms with Gasteiger partial charge < -0.3 is 30.1 Å². The van der Waals surface area contributed by atoms with Crippen LogP contribution in [0.3, 0.4) is 0 Å². The standard InChI is InChI=1S/C22H25N3O5/c1-28-18-3-5-20-15(9-18)8-16(13-30-20)22(27)25-19-4-2-14(17-11-23-24-12-17)10-21(19)29-7-6-26/h2-5,9-11,16-17,24,26H,6-8,12-13H2,1H3,(H,25,27). The number of hydrogen-bond donors (Lipinski definition) is 3. The van der Waals surface area contributed by atoms with Crippen LogP contribution in [-0.2, 0) is 11.2 Å². The molecule has 0 saturated carbocycles. The Morgan fingerprint density at radius 3 is 3.00 bits per heavy atom.